The lowest BCUT2D eigenvalue weighted by Gasteiger charge is -2.24. The van der Waals surface area contributed by atoms with Crippen LogP contribution in [-0.4, -0.2) is 12.5 Å². The second-order valence-corrected chi connectivity index (χ2v) is 6.51. The standard InChI is InChI=1S/C19H15F7O/c20-13-4-1-10(2-5-13)11-3-6-14(15(21)7-11)12-8-16(22)18(17(23)9-12)27-19(24,25)26/h3,6-10,13H,1-2,4-5H2. The molecule has 2 aromatic carbocycles. The van der Waals surface area contributed by atoms with E-state index >= 15 is 0 Å². The largest absolute Gasteiger partial charge is 0.573 e. The SMILES string of the molecule is Fc1cc(C2CCC(F)CC2)ccc1-c1cc(F)c(OC(F)(F)F)c(F)c1. The van der Waals surface area contributed by atoms with Crippen molar-refractivity contribution in [2.45, 2.75) is 44.1 Å². The fourth-order valence-electron chi connectivity index (χ4n) is 3.33. The molecule has 1 aliphatic rings. The number of rotatable bonds is 3. The average molecular weight is 392 g/mol. The highest BCUT2D eigenvalue weighted by Gasteiger charge is 2.34. The highest BCUT2D eigenvalue weighted by atomic mass is 19.4. The van der Waals surface area contributed by atoms with E-state index in [4.69, 9.17) is 0 Å². The van der Waals surface area contributed by atoms with Gasteiger partial charge in [-0.05, 0) is 60.9 Å². The zero-order chi connectivity index (χ0) is 19.8. The Bertz CT molecular complexity index is 800. The first kappa shape index (κ1) is 19.5. The molecule has 0 aliphatic heterocycles. The quantitative estimate of drug-likeness (QED) is 0.531. The van der Waals surface area contributed by atoms with Crippen molar-refractivity contribution in [3.05, 3.63) is 53.3 Å². The number of halogens is 7. The molecule has 0 radical (unpaired) electrons. The van der Waals surface area contributed by atoms with Crippen molar-refractivity contribution in [1.29, 1.82) is 0 Å². The summed E-state index contributed by atoms with van der Waals surface area (Å²) < 4.78 is 95.3. The molecule has 0 aromatic heterocycles. The Kier molecular flexibility index (Phi) is 5.35. The molecule has 0 saturated heterocycles. The summed E-state index contributed by atoms with van der Waals surface area (Å²) in [6.07, 6.45) is -4.17. The summed E-state index contributed by atoms with van der Waals surface area (Å²) in [4.78, 5) is 0. The maximum absolute atomic E-state index is 14.5. The van der Waals surface area contributed by atoms with Gasteiger partial charge in [0.05, 0.1) is 0 Å². The molecule has 8 heteroatoms. The van der Waals surface area contributed by atoms with E-state index in [1.807, 2.05) is 0 Å². The Morgan fingerprint density at radius 2 is 1.41 bits per heavy atom. The van der Waals surface area contributed by atoms with Crippen molar-refractivity contribution >= 4 is 0 Å². The summed E-state index contributed by atoms with van der Waals surface area (Å²) in [5.41, 5.74) is 0.242. The van der Waals surface area contributed by atoms with E-state index in [1.165, 1.54) is 12.1 Å². The third kappa shape index (κ3) is 4.54. The van der Waals surface area contributed by atoms with E-state index in [0.717, 1.165) is 0 Å². The lowest BCUT2D eigenvalue weighted by Crippen LogP contribution is -2.19. The summed E-state index contributed by atoms with van der Waals surface area (Å²) >= 11 is 0. The molecule has 1 aliphatic carbocycles. The topological polar surface area (TPSA) is 9.23 Å². The average Bonchev–Trinajstić information content (AvgIpc) is 2.58. The molecule has 146 valence electrons. The van der Waals surface area contributed by atoms with E-state index in [2.05, 4.69) is 4.74 Å². The van der Waals surface area contributed by atoms with Gasteiger partial charge in [0.25, 0.3) is 0 Å². The van der Waals surface area contributed by atoms with Crippen LogP contribution in [0.1, 0.15) is 37.2 Å². The Balaban J connectivity index is 1.88. The zero-order valence-electron chi connectivity index (χ0n) is 13.9. The first-order valence-corrected chi connectivity index (χ1v) is 8.32. The monoisotopic (exact) mass is 392 g/mol. The fraction of sp³-hybridized carbons (Fsp3) is 0.368. The van der Waals surface area contributed by atoms with Gasteiger partial charge in [-0.3, -0.25) is 0 Å². The lowest BCUT2D eigenvalue weighted by atomic mass is 9.83. The number of benzene rings is 2. The highest BCUT2D eigenvalue weighted by molar-refractivity contribution is 5.66. The molecule has 0 amide bonds. The van der Waals surface area contributed by atoms with E-state index in [-0.39, 0.29) is 17.0 Å². The van der Waals surface area contributed by atoms with Gasteiger partial charge in [-0.25, -0.2) is 17.6 Å². The van der Waals surface area contributed by atoms with Gasteiger partial charge < -0.3 is 4.74 Å². The summed E-state index contributed by atoms with van der Waals surface area (Å²) in [5, 5.41) is 0. The minimum atomic E-state index is -5.26. The van der Waals surface area contributed by atoms with Gasteiger partial charge in [-0.15, -0.1) is 13.2 Å². The Morgan fingerprint density at radius 1 is 0.815 bits per heavy atom. The molecule has 0 heterocycles. The fourth-order valence-corrected chi connectivity index (χ4v) is 3.33. The summed E-state index contributed by atoms with van der Waals surface area (Å²) in [7, 11) is 0. The van der Waals surface area contributed by atoms with Crippen LogP contribution in [0.4, 0.5) is 30.7 Å². The molecule has 0 unspecified atom stereocenters. The smallest absolute Gasteiger partial charge is 0.399 e. The summed E-state index contributed by atoms with van der Waals surface area (Å²) in [6, 6.07) is 5.27. The van der Waals surface area contributed by atoms with E-state index in [1.54, 1.807) is 6.07 Å². The van der Waals surface area contributed by atoms with Crippen LogP contribution in [0.5, 0.6) is 5.75 Å². The highest BCUT2D eigenvalue weighted by Crippen LogP contribution is 2.37. The van der Waals surface area contributed by atoms with E-state index < -0.39 is 35.7 Å². The molecule has 0 spiro atoms. The van der Waals surface area contributed by atoms with Crippen LogP contribution in [0.25, 0.3) is 11.1 Å². The Morgan fingerprint density at radius 3 is 1.93 bits per heavy atom. The van der Waals surface area contributed by atoms with Crippen LogP contribution in [0.3, 0.4) is 0 Å². The normalized spacial score (nSPS) is 20.6. The van der Waals surface area contributed by atoms with Crippen molar-refractivity contribution < 1.29 is 35.5 Å². The molecule has 0 N–H and O–H groups in total. The molecule has 3 rings (SSSR count). The van der Waals surface area contributed by atoms with Crippen molar-refractivity contribution in [2.75, 3.05) is 0 Å². The van der Waals surface area contributed by atoms with E-state index in [0.29, 0.717) is 43.4 Å². The zero-order valence-corrected chi connectivity index (χ0v) is 13.9. The molecule has 27 heavy (non-hydrogen) atoms. The van der Waals surface area contributed by atoms with Gasteiger partial charge in [0.2, 0.25) is 5.75 Å². The molecular weight excluding hydrogens is 377 g/mol. The number of alkyl halides is 4. The molecule has 0 atom stereocenters. The molecule has 1 saturated carbocycles. The van der Waals surface area contributed by atoms with Gasteiger partial charge >= 0.3 is 6.36 Å². The van der Waals surface area contributed by atoms with Gasteiger partial charge in [0, 0.05) is 5.56 Å². The van der Waals surface area contributed by atoms with E-state index in [9.17, 15) is 30.7 Å². The number of hydrogen-bond acceptors (Lipinski definition) is 1. The number of ether oxygens (including phenoxy) is 1. The summed E-state index contributed by atoms with van der Waals surface area (Å²) in [5.74, 6) is -5.54. The summed E-state index contributed by atoms with van der Waals surface area (Å²) in [6.45, 7) is 0. The maximum atomic E-state index is 14.5. The van der Waals surface area contributed by atoms with Gasteiger partial charge in [0.1, 0.15) is 12.0 Å². The minimum Gasteiger partial charge on any atom is -0.399 e. The van der Waals surface area contributed by atoms with Crippen molar-refractivity contribution in [3.63, 3.8) is 0 Å². The second kappa shape index (κ2) is 7.40. The van der Waals surface area contributed by atoms with Crippen molar-refractivity contribution in [1.82, 2.24) is 0 Å². The predicted octanol–water partition coefficient (Wildman–Crippen LogP) is 6.67. The van der Waals surface area contributed by atoms with Crippen LogP contribution in [0.15, 0.2) is 30.3 Å². The van der Waals surface area contributed by atoms with Crippen LogP contribution < -0.4 is 4.74 Å². The Labute approximate surface area is 150 Å². The first-order valence-electron chi connectivity index (χ1n) is 8.32. The van der Waals surface area contributed by atoms with Crippen molar-refractivity contribution in [2.24, 2.45) is 0 Å². The molecule has 2 aromatic rings. The third-order valence-electron chi connectivity index (χ3n) is 4.65. The third-order valence-corrected chi connectivity index (χ3v) is 4.65. The van der Waals surface area contributed by atoms with Crippen LogP contribution >= 0.6 is 0 Å². The van der Waals surface area contributed by atoms with Gasteiger partial charge in [0.15, 0.2) is 11.6 Å². The minimum absolute atomic E-state index is 0.00316. The van der Waals surface area contributed by atoms with Crippen LogP contribution in [-0.2, 0) is 0 Å². The predicted molar refractivity (Wildman–Crippen MR) is 84.5 cm³/mol. The lowest BCUT2D eigenvalue weighted by molar-refractivity contribution is -0.276. The van der Waals surface area contributed by atoms with Gasteiger partial charge in [-0.2, -0.15) is 0 Å². The first-order chi connectivity index (χ1) is 12.6. The molecular formula is C19H15F7O. The molecule has 1 nitrogen and oxygen atoms in total. The molecule has 0 bridgehead atoms. The van der Waals surface area contributed by atoms with Gasteiger partial charge in [-0.1, -0.05) is 12.1 Å². The second-order valence-electron chi connectivity index (χ2n) is 6.51. The van der Waals surface area contributed by atoms with Crippen molar-refractivity contribution in [3.8, 4) is 16.9 Å². The molecule has 1 fully saturated rings. The van der Waals surface area contributed by atoms with Crippen LogP contribution in [0.2, 0.25) is 0 Å². The Hall–Kier alpha value is -2.25. The number of hydrogen-bond donors (Lipinski definition) is 0. The maximum Gasteiger partial charge on any atom is 0.573 e. The van der Waals surface area contributed by atoms with Crippen LogP contribution in [0, 0.1) is 17.5 Å².